The molecule has 1 aliphatic heterocycles. The van der Waals surface area contributed by atoms with Crippen molar-refractivity contribution in [3.05, 3.63) is 52.3 Å². The van der Waals surface area contributed by atoms with Crippen LogP contribution in [0, 0.1) is 6.92 Å². The number of sulfonamides is 1. The van der Waals surface area contributed by atoms with Gasteiger partial charge in [-0.2, -0.15) is 8.42 Å². The number of furan rings is 1. The molecule has 1 aromatic carbocycles. The van der Waals surface area contributed by atoms with Crippen LogP contribution in [0.5, 0.6) is 0 Å². The standard InChI is InChI=1S/C20H21N5O5S/c1-12-16(17-19(30-12)21-11-25(3)20(17)27)18(26)22-13-6-8-14(9-7-13)31(28,29)23-15-5-4-10-24(15)2/h6-9,11H,4-5,10H2,1-3H3,(H,22,26)/b23-15+. The van der Waals surface area contributed by atoms with E-state index in [9.17, 15) is 18.0 Å². The van der Waals surface area contributed by atoms with Gasteiger partial charge >= 0.3 is 0 Å². The largest absolute Gasteiger partial charge is 0.442 e. The maximum Gasteiger partial charge on any atom is 0.283 e. The fourth-order valence-electron chi connectivity index (χ4n) is 3.47. The molecule has 0 saturated carbocycles. The van der Waals surface area contributed by atoms with Crippen molar-refractivity contribution in [1.29, 1.82) is 0 Å². The number of fused-ring (bicyclic) bond motifs is 1. The summed E-state index contributed by atoms with van der Waals surface area (Å²) in [6, 6.07) is 5.70. The number of likely N-dealkylation sites (tertiary alicyclic amines) is 1. The Labute approximate surface area is 178 Å². The number of carbonyl (C=O) groups is 1. The number of amidine groups is 1. The molecule has 0 bridgehead atoms. The first-order valence-corrected chi connectivity index (χ1v) is 11.0. The third-order valence-electron chi connectivity index (χ3n) is 5.15. The first kappa shape index (κ1) is 20.8. The number of hydrogen-bond acceptors (Lipinski definition) is 6. The van der Waals surface area contributed by atoms with Crippen LogP contribution in [0.3, 0.4) is 0 Å². The van der Waals surface area contributed by atoms with Gasteiger partial charge in [0, 0.05) is 32.7 Å². The number of benzene rings is 1. The molecule has 162 valence electrons. The van der Waals surface area contributed by atoms with Gasteiger partial charge in [0.25, 0.3) is 21.5 Å². The average Bonchev–Trinajstić information content (AvgIpc) is 3.27. The minimum atomic E-state index is -3.84. The molecule has 3 heterocycles. The van der Waals surface area contributed by atoms with Gasteiger partial charge in [0.05, 0.1) is 10.5 Å². The van der Waals surface area contributed by atoms with E-state index in [-0.39, 0.29) is 27.3 Å². The summed E-state index contributed by atoms with van der Waals surface area (Å²) in [5.74, 6) is 0.249. The third kappa shape index (κ3) is 3.83. The fourth-order valence-corrected chi connectivity index (χ4v) is 4.56. The van der Waals surface area contributed by atoms with E-state index in [1.54, 1.807) is 6.92 Å². The molecule has 0 aliphatic carbocycles. The van der Waals surface area contributed by atoms with Crippen molar-refractivity contribution >= 4 is 38.6 Å². The normalized spacial score (nSPS) is 15.7. The molecule has 0 unspecified atom stereocenters. The van der Waals surface area contributed by atoms with E-state index in [1.165, 1.54) is 42.2 Å². The highest BCUT2D eigenvalue weighted by atomic mass is 32.2. The van der Waals surface area contributed by atoms with Crippen LogP contribution < -0.4 is 10.9 Å². The Morgan fingerprint density at radius 2 is 1.94 bits per heavy atom. The average molecular weight is 443 g/mol. The van der Waals surface area contributed by atoms with E-state index in [0.717, 1.165) is 13.0 Å². The van der Waals surface area contributed by atoms with Crippen molar-refractivity contribution in [2.45, 2.75) is 24.7 Å². The smallest absolute Gasteiger partial charge is 0.283 e. The zero-order chi connectivity index (χ0) is 22.3. The molecule has 11 heteroatoms. The summed E-state index contributed by atoms with van der Waals surface area (Å²) in [6.07, 6.45) is 2.81. The van der Waals surface area contributed by atoms with Gasteiger partial charge in [0.15, 0.2) is 0 Å². The predicted molar refractivity (Wildman–Crippen MR) is 115 cm³/mol. The van der Waals surface area contributed by atoms with Crippen molar-refractivity contribution in [2.75, 3.05) is 18.9 Å². The van der Waals surface area contributed by atoms with E-state index in [1.807, 2.05) is 11.9 Å². The Hall–Kier alpha value is -3.47. The second kappa shape index (κ2) is 7.65. The Morgan fingerprint density at radius 3 is 2.58 bits per heavy atom. The van der Waals surface area contributed by atoms with Crippen LogP contribution in [0.4, 0.5) is 5.69 Å². The summed E-state index contributed by atoms with van der Waals surface area (Å²) in [5, 5.41) is 2.76. The molecular formula is C20H21N5O5S. The van der Waals surface area contributed by atoms with Crippen molar-refractivity contribution in [3.63, 3.8) is 0 Å². The van der Waals surface area contributed by atoms with E-state index in [2.05, 4.69) is 14.7 Å². The summed E-state index contributed by atoms with van der Waals surface area (Å²) in [4.78, 5) is 31.2. The molecule has 1 amide bonds. The minimum Gasteiger partial charge on any atom is -0.442 e. The number of hydrogen-bond donors (Lipinski definition) is 1. The number of nitrogens with one attached hydrogen (secondary N) is 1. The van der Waals surface area contributed by atoms with E-state index in [4.69, 9.17) is 4.42 Å². The van der Waals surface area contributed by atoms with Gasteiger partial charge in [-0.25, -0.2) is 4.98 Å². The molecule has 0 radical (unpaired) electrons. The molecular weight excluding hydrogens is 422 g/mol. The molecule has 2 aromatic heterocycles. The van der Waals surface area contributed by atoms with Gasteiger partial charge in [-0.15, -0.1) is 4.40 Å². The second-order valence-corrected chi connectivity index (χ2v) is 8.96. The van der Waals surface area contributed by atoms with Crippen molar-refractivity contribution in [3.8, 4) is 0 Å². The van der Waals surface area contributed by atoms with Gasteiger partial charge in [0.2, 0.25) is 5.71 Å². The quantitative estimate of drug-likeness (QED) is 0.652. The lowest BCUT2D eigenvalue weighted by atomic mass is 10.1. The van der Waals surface area contributed by atoms with Gasteiger partial charge in [0.1, 0.15) is 23.3 Å². The van der Waals surface area contributed by atoms with Crippen LogP contribution in [-0.2, 0) is 17.1 Å². The molecule has 4 rings (SSSR count). The lowest BCUT2D eigenvalue weighted by Crippen LogP contribution is -2.21. The highest BCUT2D eigenvalue weighted by Crippen LogP contribution is 2.23. The highest BCUT2D eigenvalue weighted by molar-refractivity contribution is 7.90. The lowest BCUT2D eigenvalue weighted by Gasteiger charge is -2.11. The topological polar surface area (TPSA) is 127 Å². The van der Waals surface area contributed by atoms with Crippen LogP contribution in [0.2, 0.25) is 0 Å². The lowest BCUT2D eigenvalue weighted by molar-refractivity contribution is 0.102. The molecule has 1 N–H and O–H groups in total. The summed E-state index contributed by atoms with van der Waals surface area (Å²) in [6.45, 7) is 2.35. The minimum absolute atomic E-state index is 0.0290. The predicted octanol–water partition coefficient (Wildman–Crippen LogP) is 1.90. The van der Waals surface area contributed by atoms with Crippen LogP contribution in [0.15, 0.2) is 49.1 Å². The first-order chi connectivity index (χ1) is 14.7. The Balaban J connectivity index is 1.60. The molecule has 1 fully saturated rings. The maximum absolute atomic E-state index is 12.8. The van der Waals surface area contributed by atoms with Crippen LogP contribution >= 0.6 is 0 Å². The van der Waals surface area contributed by atoms with Crippen molar-refractivity contribution in [1.82, 2.24) is 14.5 Å². The molecule has 0 spiro atoms. The molecule has 0 atom stereocenters. The summed E-state index contributed by atoms with van der Waals surface area (Å²) in [7, 11) is -0.502. The zero-order valence-corrected chi connectivity index (χ0v) is 18.1. The number of carbonyl (C=O) groups excluding carboxylic acids is 1. The fraction of sp³-hybridized carbons (Fsp3) is 0.300. The Morgan fingerprint density at radius 1 is 1.23 bits per heavy atom. The van der Waals surface area contributed by atoms with Gasteiger partial charge in [-0.3, -0.25) is 9.59 Å². The Kier molecular flexibility index (Phi) is 5.13. The van der Waals surface area contributed by atoms with Crippen LogP contribution in [0.25, 0.3) is 11.1 Å². The number of aromatic nitrogens is 2. The third-order valence-corrected chi connectivity index (χ3v) is 6.46. The zero-order valence-electron chi connectivity index (χ0n) is 17.2. The van der Waals surface area contributed by atoms with Crippen LogP contribution in [0.1, 0.15) is 29.0 Å². The number of aryl methyl sites for hydroxylation is 2. The number of nitrogens with zero attached hydrogens (tertiary/aromatic N) is 4. The van der Waals surface area contributed by atoms with Crippen LogP contribution in [-0.4, -0.2) is 48.2 Å². The van der Waals surface area contributed by atoms with Gasteiger partial charge < -0.3 is 19.2 Å². The van der Waals surface area contributed by atoms with E-state index in [0.29, 0.717) is 17.9 Å². The van der Waals surface area contributed by atoms with E-state index >= 15 is 0 Å². The van der Waals surface area contributed by atoms with Gasteiger partial charge in [-0.05, 0) is 37.6 Å². The summed E-state index contributed by atoms with van der Waals surface area (Å²) >= 11 is 0. The maximum atomic E-state index is 12.8. The van der Waals surface area contributed by atoms with Crippen molar-refractivity contribution < 1.29 is 17.6 Å². The molecule has 1 saturated heterocycles. The first-order valence-electron chi connectivity index (χ1n) is 9.58. The number of anilines is 1. The molecule has 10 nitrogen and oxygen atoms in total. The SMILES string of the molecule is Cc1oc2ncn(C)c(=O)c2c1C(=O)Nc1ccc(S(=O)(=O)/N=C2\CCCN2C)cc1. The molecule has 1 aliphatic rings. The van der Waals surface area contributed by atoms with Crippen molar-refractivity contribution in [2.24, 2.45) is 11.4 Å². The monoisotopic (exact) mass is 443 g/mol. The summed E-state index contributed by atoms with van der Waals surface area (Å²) < 4.78 is 35.7. The van der Waals surface area contributed by atoms with E-state index < -0.39 is 21.5 Å². The summed E-state index contributed by atoms with van der Waals surface area (Å²) in [5.41, 5.74) is 0.146. The Bertz CT molecular complexity index is 1370. The second-order valence-electron chi connectivity index (χ2n) is 7.36. The van der Waals surface area contributed by atoms with Gasteiger partial charge in [-0.1, -0.05) is 0 Å². The molecule has 31 heavy (non-hydrogen) atoms. The highest BCUT2D eigenvalue weighted by Gasteiger charge is 2.23. The molecule has 3 aromatic rings. The number of amides is 1. The number of rotatable bonds is 4.